The van der Waals surface area contributed by atoms with Gasteiger partial charge in [-0.15, -0.1) is 0 Å². The lowest BCUT2D eigenvalue weighted by Crippen LogP contribution is -2.61. The van der Waals surface area contributed by atoms with Crippen molar-refractivity contribution >= 4 is 5.91 Å². The Morgan fingerprint density at radius 3 is 2.36 bits per heavy atom. The number of hydrogen-bond acceptors (Lipinski definition) is 5. The summed E-state index contributed by atoms with van der Waals surface area (Å²) in [4.78, 5) is 40.6. The topological polar surface area (TPSA) is 87.8 Å². The van der Waals surface area contributed by atoms with Gasteiger partial charge in [0.25, 0.3) is 11.5 Å². The second kappa shape index (κ2) is 7.37. The average Bonchev–Trinajstić information content (AvgIpc) is 2.69. The first-order valence-electron chi connectivity index (χ1n) is 9.17. The fourth-order valence-corrected chi connectivity index (χ4v) is 4.05. The van der Waals surface area contributed by atoms with Gasteiger partial charge in [-0.05, 0) is 26.1 Å². The van der Waals surface area contributed by atoms with Crippen molar-refractivity contribution in [2.24, 2.45) is 14.1 Å². The fourth-order valence-electron chi connectivity index (χ4n) is 4.05. The van der Waals surface area contributed by atoms with E-state index >= 15 is 0 Å². The number of β-amino-alcohol motifs (C(OH)–C–C–N with tert-alkyl or cyclic N) is 1. The Morgan fingerprint density at radius 1 is 1.14 bits per heavy atom. The van der Waals surface area contributed by atoms with Gasteiger partial charge in [-0.1, -0.05) is 30.3 Å². The Kier molecular flexibility index (Phi) is 5.27. The molecule has 0 radical (unpaired) electrons. The van der Waals surface area contributed by atoms with Crippen LogP contribution in [-0.4, -0.2) is 63.2 Å². The monoisotopic (exact) mass is 386 g/mol. The maximum Gasteiger partial charge on any atom is 0.331 e. The van der Waals surface area contributed by atoms with Crippen molar-refractivity contribution in [2.75, 3.05) is 27.2 Å². The molecule has 8 heteroatoms. The molecule has 0 bridgehead atoms. The highest BCUT2D eigenvalue weighted by molar-refractivity contribution is 5.92. The van der Waals surface area contributed by atoms with E-state index in [9.17, 15) is 19.5 Å². The quantitative estimate of drug-likeness (QED) is 0.786. The molecule has 0 aliphatic carbocycles. The van der Waals surface area contributed by atoms with Crippen molar-refractivity contribution in [1.29, 1.82) is 0 Å². The molecule has 2 heterocycles. The molecule has 1 aliphatic rings. The molecular formula is C20H26N4O4. The number of nitrogens with zero attached hydrogens (tertiary/aromatic N) is 4. The number of likely N-dealkylation sites (tertiary alicyclic amines) is 1. The average molecular weight is 386 g/mol. The van der Waals surface area contributed by atoms with Crippen molar-refractivity contribution in [2.45, 2.75) is 18.1 Å². The first-order chi connectivity index (χ1) is 13.2. The summed E-state index contributed by atoms with van der Waals surface area (Å²) in [6.07, 6.45) is -0.304. The highest BCUT2D eigenvalue weighted by Crippen LogP contribution is 2.37. The van der Waals surface area contributed by atoms with Crippen LogP contribution in [0.4, 0.5) is 0 Å². The third-order valence-electron chi connectivity index (χ3n) is 5.81. The minimum absolute atomic E-state index is 0.0253. The summed E-state index contributed by atoms with van der Waals surface area (Å²) in [5, 5.41) is 11.1. The number of carbonyl (C=O) groups is 1. The van der Waals surface area contributed by atoms with Gasteiger partial charge in [-0.25, -0.2) is 4.79 Å². The van der Waals surface area contributed by atoms with Gasteiger partial charge in [0.2, 0.25) is 0 Å². The molecule has 28 heavy (non-hydrogen) atoms. The molecule has 1 saturated heterocycles. The number of aliphatic hydroxyl groups excluding tert-OH is 1. The van der Waals surface area contributed by atoms with Crippen LogP contribution in [-0.2, 0) is 19.6 Å². The zero-order valence-corrected chi connectivity index (χ0v) is 16.6. The van der Waals surface area contributed by atoms with Gasteiger partial charge in [0, 0.05) is 33.3 Å². The number of hydrogen-bond donors (Lipinski definition) is 1. The van der Waals surface area contributed by atoms with Crippen LogP contribution >= 0.6 is 0 Å². The van der Waals surface area contributed by atoms with Crippen LogP contribution in [0.2, 0.25) is 0 Å². The lowest BCUT2D eigenvalue weighted by molar-refractivity contribution is -0.0614. The summed E-state index contributed by atoms with van der Waals surface area (Å²) in [5.41, 5.74) is -0.689. The summed E-state index contributed by atoms with van der Waals surface area (Å²) >= 11 is 0. The summed E-state index contributed by atoms with van der Waals surface area (Å²) in [6.45, 7) is 0.502. The maximum atomic E-state index is 13.0. The van der Waals surface area contributed by atoms with E-state index < -0.39 is 28.8 Å². The van der Waals surface area contributed by atoms with E-state index in [0.717, 1.165) is 10.1 Å². The van der Waals surface area contributed by atoms with Crippen LogP contribution in [0.1, 0.15) is 22.5 Å². The molecule has 1 fully saturated rings. The molecule has 0 spiro atoms. The van der Waals surface area contributed by atoms with Crippen molar-refractivity contribution in [3.8, 4) is 0 Å². The maximum absolute atomic E-state index is 13.0. The van der Waals surface area contributed by atoms with Gasteiger partial charge in [0.15, 0.2) is 0 Å². The number of aliphatic hydroxyl groups is 1. The number of piperidine rings is 1. The van der Waals surface area contributed by atoms with Gasteiger partial charge >= 0.3 is 5.69 Å². The molecule has 2 aromatic rings. The van der Waals surface area contributed by atoms with Crippen LogP contribution in [0.3, 0.4) is 0 Å². The summed E-state index contributed by atoms with van der Waals surface area (Å²) in [7, 11) is 6.66. The largest absolute Gasteiger partial charge is 0.389 e. The molecule has 3 rings (SSSR count). The Labute approximate surface area is 163 Å². The second-order valence-electron chi connectivity index (χ2n) is 7.47. The van der Waals surface area contributed by atoms with Crippen molar-refractivity contribution in [3.63, 3.8) is 0 Å². The predicted octanol–water partition coefficient (Wildman–Crippen LogP) is -0.252. The fraction of sp³-hybridized carbons (Fsp3) is 0.450. The van der Waals surface area contributed by atoms with Crippen molar-refractivity contribution < 1.29 is 9.90 Å². The molecule has 2 atom stereocenters. The van der Waals surface area contributed by atoms with Gasteiger partial charge in [0.05, 0.1) is 11.6 Å². The highest BCUT2D eigenvalue weighted by Gasteiger charge is 2.46. The summed E-state index contributed by atoms with van der Waals surface area (Å²) < 4.78 is 2.12. The van der Waals surface area contributed by atoms with E-state index in [0.29, 0.717) is 13.0 Å². The molecule has 0 saturated carbocycles. The first-order valence-corrected chi connectivity index (χ1v) is 9.17. The summed E-state index contributed by atoms with van der Waals surface area (Å²) in [6, 6.07) is 10.9. The molecular weight excluding hydrogens is 360 g/mol. The third kappa shape index (κ3) is 3.08. The van der Waals surface area contributed by atoms with Crippen LogP contribution in [0, 0.1) is 0 Å². The number of carbonyl (C=O) groups excluding carboxylic acids is 1. The minimum atomic E-state index is -0.828. The van der Waals surface area contributed by atoms with E-state index in [1.165, 1.54) is 29.6 Å². The molecule has 1 aliphatic heterocycles. The molecule has 8 nitrogen and oxygen atoms in total. The van der Waals surface area contributed by atoms with Gasteiger partial charge in [-0.2, -0.15) is 0 Å². The smallest absolute Gasteiger partial charge is 0.331 e. The molecule has 1 N–H and O–H groups in total. The SMILES string of the molecule is CN(C)[C@]1(c2ccccc2)CCN(C(=O)c2cc(=O)n(C)c(=O)n2C)C[C@H]1O. The predicted molar refractivity (Wildman–Crippen MR) is 105 cm³/mol. The number of amides is 1. The minimum Gasteiger partial charge on any atom is -0.389 e. The highest BCUT2D eigenvalue weighted by atomic mass is 16.3. The van der Waals surface area contributed by atoms with E-state index in [1.807, 2.05) is 49.3 Å². The second-order valence-corrected chi connectivity index (χ2v) is 7.47. The van der Waals surface area contributed by atoms with Crippen LogP contribution < -0.4 is 11.2 Å². The molecule has 1 aromatic carbocycles. The van der Waals surface area contributed by atoms with Crippen LogP contribution in [0.25, 0.3) is 0 Å². The van der Waals surface area contributed by atoms with Crippen LogP contribution in [0.15, 0.2) is 46.0 Å². The molecule has 1 aromatic heterocycles. The number of rotatable bonds is 3. The number of aromatic nitrogens is 2. The zero-order chi connectivity index (χ0) is 20.6. The van der Waals surface area contributed by atoms with E-state index in [1.54, 1.807) is 0 Å². The standard InChI is InChI=1S/C20H26N4O4/c1-21(2)20(14-8-6-5-7-9-14)10-11-24(13-16(20)25)18(27)15-12-17(26)23(4)19(28)22(15)3/h5-9,12,16,25H,10-11,13H2,1-4H3/t16-,20+/m1/s1. The number of likely N-dealkylation sites (N-methyl/N-ethyl adjacent to an activating group) is 1. The van der Waals surface area contributed by atoms with E-state index in [2.05, 4.69) is 0 Å². The first kappa shape index (κ1) is 20.0. The molecule has 1 amide bonds. The summed E-state index contributed by atoms with van der Waals surface area (Å²) in [5.74, 6) is -0.434. The normalized spacial score (nSPS) is 22.5. The third-order valence-corrected chi connectivity index (χ3v) is 5.81. The number of benzene rings is 1. The van der Waals surface area contributed by atoms with E-state index in [4.69, 9.17) is 0 Å². The Morgan fingerprint density at radius 2 is 1.79 bits per heavy atom. The Hall–Kier alpha value is -2.71. The zero-order valence-electron chi connectivity index (χ0n) is 16.6. The lowest BCUT2D eigenvalue weighted by Gasteiger charge is -2.49. The Balaban J connectivity index is 1.93. The van der Waals surface area contributed by atoms with Gasteiger partial charge in [-0.3, -0.25) is 23.6 Å². The van der Waals surface area contributed by atoms with Crippen LogP contribution in [0.5, 0.6) is 0 Å². The van der Waals surface area contributed by atoms with Crippen molar-refractivity contribution in [3.05, 3.63) is 68.5 Å². The lowest BCUT2D eigenvalue weighted by atomic mass is 9.77. The van der Waals surface area contributed by atoms with E-state index in [-0.39, 0.29) is 12.2 Å². The van der Waals surface area contributed by atoms with Crippen molar-refractivity contribution in [1.82, 2.24) is 18.9 Å². The molecule has 0 unspecified atom stereocenters. The Bertz CT molecular complexity index is 996. The molecule has 150 valence electrons. The van der Waals surface area contributed by atoms with Gasteiger partial charge < -0.3 is 10.0 Å². The van der Waals surface area contributed by atoms with Gasteiger partial charge in [0.1, 0.15) is 5.69 Å².